The van der Waals surface area contributed by atoms with E-state index in [1.54, 1.807) is 12.1 Å². The molecule has 0 fully saturated rings. The van der Waals surface area contributed by atoms with Crippen LogP contribution in [0.4, 0.5) is 0 Å². The SMILES string of the molecule is C=Cc1cccc(-c2c(C=C)c(C=C)c(-c3ccc(O)cc3)c3ccccc23)c1C=C. The molecule has 150 valence electrons. The van der Waals surface area contributed by atoms with Crippen LogP contribution in [-0.4, -0.2) is 5.11 Å². The molecule has 0 aliphatic heterocycles. The van der Waals surface area contributed by atoms with Crippen LogP contribution in [0.2, 0.25) is 0 Å². The molecule has 0 heterocycles. The highest BCUT2D eigenvalue weighted by Crippen LogP contribution is 2.44. The van der Waals surface area contributed by atoms with E-state index in [-0.39, 0.29) is 5.75 Å². The van der Waals surface area contributed by atoms with Crippen molar-refractivity contribution in [3.05, 3.63) is 115 Å². The van der Waals surface area contributed by atoms with Gasteiger partial charge in [-0.25, -0.2) is 0 Å². The molecule has 0 bridgehead atoms. The van der Waals surface area contributed by atoms with E-state index in [9.17, 15) is 5.11 Å². The number of benzene rings is 4. The third-order valence-corrected chi connectivity index (χ3v) is 5.69. The third kappa shape index (κ3) is 3.31. The average Bonchev–Trinajstić information content (AvgIpc) is 2.82. The lowest BCUT2D eigenvalue weighted by molar-refractivity contribution is 0.475. The fourth-order valence-electron chi connectivity index (χ4n) is 4.34. The predicted octanol–water partition coefficient (Wildman–Crippen LogP) is 8.45. The predicted molar refractivity (Wildman–Crippen MR) is 137 cm³/mol. The van der Waals surface area contributed by atoms with Gasteiger partial charge >= 0.3 is 0 Å². The third-order valence-electron chi connectivity index (χ3n) is 5.69. The van der Waals surface area contributed by atoms with E-state index in [2.05, 4.69) is 50.6 Å². The van der Waals surface area contributed by atoms with Crippen LogP contribution in [-0.2, 0) is 0 Å². The van der Waals surface area contributed by atoms with Crippen LogP contribution in [0, 0.1) is 0 Å². The maximum Gasteiger partial charge on any atom is 0.115 e. The van der Waals surface area contributed by atoms with E-state index in [1.807, 2.05) is 54.6 Å². The zero-order valence-electron chi connectivity index (χ0n) is 17.4. The Balaban J connectivity index is 2.23. The molecule has 0 aromatic heterocycles. The molecule has 0 saturated carbocycles. The summed E-state index contributed by atoms with van der Waals surface area (Å²) in [4.78, 5) is 0. The van der Waals surface area contributed by atoms with Crippen molar-refractivity contribution in [2.45, 2.75) is 0 Å². The first-order valence-electron chi connectivity index (χ1n) is 10.2. The van der Waals surface area contributed by atoms with Gasteiger partial charge in [0.1, 0.15) is 5.75 Å². The number of aromatic hydroxyl groups is 1. The van der Waals surface area contributed by atoms with Gasteiger partial charge in [-0.1, -0.05) is 105 Å². The van der Waals surface area contributed by atoms with E-state index in [0.29, 0.717) is 0 Å². The van der Waals surface area contributed by atoms with Crippen LogP contribution in [0.15, 0.2) is 93.0 Å². The van der Waals surface area contributed by atoms with Crippen LogP contribution in [0.1, 0.15) is 22.3 Å². The Morgan fingerprint density at radius 3 is 1.71 bits per heavy atom. The molecule has 1 N–H and O–H groups in total. The highest BCUT2D eigenvalue weighted by molar-refractivity contribution is 6.12. The first-order valence-corrected chi connectivity index (χ1v) is 10.2. The molecule has 0 unspecified atom stereocenters. The normalized spacial score (nSPS) is 10.6. The second-order valence-corrected chi connectivity index (χ2v) is 7.29. The molecule has 4 aromatic rings. The summed E-state index contributed by atoms with van der Waals surface area (Å²) in [5.74, 6) is 0.241. The summed E-state index contributed by atoms with van der Waals surface area (Å²) in [6, 6.07) is 21.9. The van der Waals surface area contributed by atoms with Gasteiger partial charge in [0.05, 0.1) is 0 Å². The van der Waals surface area contributed by atoms with Gasteiger partial charge in [0, 0.05) is 0 Å². The second kappa shape index (κ2) is 8.33. The summed E-state index contributed by atoms with van der Waals surface area (Å²) >= 11 is 0. The molecule has 0 spiro atoms. The number of hydrogen-bond donors (Lipinski definition) is 1. The fourth-order valence-corrected chi connectivity index (χ4v) is 4.34. The van der Waals surface area contributed by atoms with Crippen molar-refractivity contribution >= 4 is 35.1 Å². The first kappa shape index (κ1) is 20.2. The van der Waals surface area contributed by atoms with E-state index in [1.165, 1.54) is 0 Å². The minimum Gasteiger partial charge on any atom is -0.508 e. The molecule has 0 radical (unpaired) electrons. The summed E-state index contributed by atoms with van der Waals surface area (Å²) in [6.07, 6.45) is 7.53. The standard InChI is InChI=1S/C30H24O/c1-5-20-12-11-15-26(23(20)6-2)30-25(8-4)24(7-3)29(21-16-18-22(31)19-17-21)27-13-9-10-14-28(27)30/h5-19,31H,1-4H2. The molecule has 4 rings (SSSR count). The zero-order valence-corrected chi connectivity index (χ0v) is 17.4. The summed E-state index contributed by atoms with van der Waals surface area (Å²) in [6.45, 7) is 16.3. The lowest BCUT2D eigenvalue weighted by atomic mass is 9.82. The van der Waals surface area contributed by atoms with Crippen LogP contribution < -0.4 is 0 Å². The average molecular weight is 401 g/mol. The second-order valence-electron chi connectivity index (χ2n) is 7.29. The van der Waals surface area contributed by atoms with Crippen molar-refractivity contribution in [2.75, 3.05) is 0 Å². The molecule has 0 saturated heterocycles. The Bertz CT molecular complexity index is 1340. The molecule has 1 heteroatoms. The smallest absolute Gasteiger partial charge is 0.115 e. The maximum absolute atomic E-state index is 9.79. The van der Waals surface area contributed by atoms with Crippen molar-refractivity contribution in [3.63, 3.8) is 0 Å². The Morgan fingerprint density at radius 1 is 0.548 bits per heavy atom. The zero-order chi connectivity index (χ0) is 22.0. The molecular weight excluding hydrogens is 376 g/mol. The van der Waals surface area contributed by atoms with Crippen molar-refractivity contribution in [2.24, 2.45) is 0 Å². The molecule has 0 amide bonds. The number of hydrogen-bond acceptors (Lipinski definition) is 1. The van der Waals surface area contributed by atoms with E-state index >= 15 is 0 Å². The van der Waals surface area contributed by atoms with Gasteiger partial charge in [-0.3, -0.25) is 0 Å². The van der Waals surface area contributed by atoms with Gasteiger partial charge < -0.3 is 5.11 Å². The van der Waals surface area contributed by atoms with Gasteiger partial charge in [0.2, 0.25) is 0 Å². The Labute approximate surface area is 183 Å². The van der Waals surface area contributed by atoms with Crippen molar-refractivity contribution in [1.29, 1.82) is 0 Å². The van der Waals surface area contributed by atoms with Crippen LogP contribution in [0.3, 0.4) is 0 Å². The van der Waals surface area contributed by atoms with Crippen molar-refractivity contribution in [3.8, 4) is 28.0 Å². The van der Waals surface area contributed by atoms with Crippen molar-refractivity contribution < 1.29 is 5.11 Å². The van der Waals surface area contributed by atoms with Crippen molar-refractivity contribution in [1.82, 2.24) is 0 Å². The number of phenols is 1. The monoisotopic (exact) mass is 400 g/mol. The largest absolute Gasteiger partial charge is 0.508 e. The summed E-state index contributed by atoms with van der Waals surface area (Å²) < 4.78 is 0. The van der Waals surface area contributed by atoms with Gasteiger partial charge in [0.25, 0.3) is 0 Å². The molecular formula is C30H24O. The maximum atomic E-state index is 9.79. The number of fused-ring (bicyclic) bond motifs is 1. The summed E-state index contributed by atoms with van der Waals surface area (Å²) in [5, 5.41) is 12.0. The number of rotatable bonds is 6. The number of phenolic OH excluding ortho intramolecular Hbond substituents is 1. The lowest BCUT2D eigenvalue weighted by Crippen LogP contribution is -1.97. The topological polar surface area (TPSA) is 20.2 Å². The molecule has 0 atom stereocenters. The van der Waals surface area contributed by atoms with Crippen LogP contribution in [0.5, 0.6) is 5.75 Å². The van der Waals surface area contributed by atoms with E-state index < -0.39 is 0 Å². The van der Waals surface area contributed by atoms with E-state index in [4.69, 9.17) is 0 Å². The summed E-state index contributed by atoms with van der Waals surface area (Å²) in [5.41, 5.74) is 8.37. The Morgan fingerprint density at radius 2 is 1.13 bits per heavy atom. The molecule has 1 nitrogen and oxygen atoms in total. The quantitative estimate of drug-likeness (QED) is 0.344. The van der Waals surface area contributed by atoms with Gasteiger partial charge in [-0.15, -0.1) is 0 Å². The molecule has 4 aromatic carbocycles. The van der Waals surface area contributed by atoms with Crippen LogP contribution >= 0.6 is 0 Å². The minimum absolute atomic E-state index is 0.241. The highest BCUT2D eigenvalue weighted by Gasteiger charge is 2.20. The molecule has 0 aliphatic rings. The fraction of sp³-hybridized carbons (Fsp3) is 0. The van der Waals surface area contributed by atoms with Crippen LogP contribution in [0.25, 0.3) is 57.3 Å². The van der Waals surface area contributed by atoms with Gasteiger partial charge in [-0.05, 0) is 67.4 Å². The van der Waals surface area contributed by atoms with Gasteiger partial charge in [-0.2, -0.15) is 0 Å². The minimum atomic E-state index is 0.241. The highest BCUT2D eigenvalue weighted by atomic mass is 16.3. The van der Waals surface area contributed by atoms with E-state index in [0.717, 1.165) is 55.3 Å². The molecule has 31 heavy (non-hydrogen) atoms. The lowest BCUT2D eigenvalue weighted by Gasteiger charge is -2.21. The molecule has 0 aliphatic carbocycles. The van der Waals surface area contributed by atoms with Gasteiger partial charge in [0.15, 0.2) is 0 Å². The summed E-state index contributed by atoms with van der Waals surface area (Å²) in [7, 11) is 0. The first-order chi connectivity index (χ1) is 15.1. The Kier molecular flexibility index (Phi) is 5.43. The Hall–Kier alpha value is -4.10.